The van der Waals surface area contributed by atoms with Crippen molar-refractivity contribution in [2.45, 2.75) is 32.2 Å². The first-order valence-electron chi connectivity index (χ1n) is 6.73. The third-order valence-corrected chi connectivity index (χ3v) is 3.94. The standard InChI is InChI=1S/C17H20ClN/c1-13-15(10-6-11-16(13)18)17(19)12-5-9-14-7-3-2-4-8-14/h2-4,6-8,10-11,17H,5,9,12,19H2,1H3. The molecule has 0 heterocycles. The van der Waals surface area contributed by atoms with Gasteiger partial charge in [-0.05, 0) is 48.9 Å². The predicted octanol–water partition coefficient (Wildman–Crippen LogP) is 4.67. The fourth-order valence-electron chi connectivity index (χ4n) is 2.35. The molecule has 100 valence electrons. The summed E-state index contributed by atoms with van der Waals surface area (Å²) in [7, 11) is 0. The van der Waals surface area contributed by atoms with E-state index in [9.17, 15) is 0 Å². The van der Waals surface area contributed by atoms with Crippen molar-refractivity contribution in [3.63, 3.8) is 0 Å². The van der Waals surface area contributed by atoms with Gasteiger partial charge in [0.05, 0.1) is 0 Å². The number of halogens is 1. The Balaban J connectivity index is 1.91. The van der Waals surface area contributed by atoms with Crippen molar-refractivity contribution < 1.29 is 0 Å². The summed E-state index contributed by atoms with van der Waals surface area (Å²) in [6, 6.07) is 16.6. The van der Waals surface area contributed by atoms with Crippen LogP contribution in [0.5, 0.6) is 0 Å². The number of benzene rings is 2. The topological polar surface area (TPSA) is 26.0 Å². The highest BCUT2D eigenvalue weighted by atomic mass is 35.5. The zero-order valence-corrected chi connectivity index (χ0v) is 12.0. The second kappa shape index (κ2) is 6.74. The van der Waals surface area contributed by atoms with Gasteiger partial charge in [0, 0.05) is 11.1 Å². The molecule has 0 aliphatic carbocycles. The van der Waals surface area contributed by atoms with E-state index in [1.165, 1.54) is 11.1 Å². The molecule has 1 atom stereocenters. The molecular weight excluding hydrogens is 254 g/mol. The maximum atomic E-state index is 6.27. The van der Waals surface area contributed by atoms with Crippen LogP contribution in [0.1, 0.15) is 35.6 Å². The fourth-order valence-corrected chi connectivity index (χ4v) is 2.53. The summed E-state index contributed by atoms with van der Waals surface area (Å²) in [6.45, 7) is 2.04. The summed E-state index contributed by atoms with van der Waals surface area (Å²) in [5.74, 6) is 0. The van der Waals surface area contributed by atoms with E-state index in [2.05, 4.69) is 30.3 Å². The highest BCUT2D eigenvalue weighted by Crippen LogP contribution is 2.25. The van der Waals surface area contributed by atoms with Gasteiger partial charge in [0.25, 0.3) is 0 Å². The smallest absolute Gasteiger partial charge is 0.0438 e. The molecule has 0 fully saturated rings. The van der Waals surface area contributed by atoms with Crippen LogP contribution in [0.25, 0.3) is 0 Å². The van der Waals surface area contributed by atoms with E-state index in [-0.39, 0.29) is 6.04 Å². The van der Waals surface area contributed by atoms with Crippen molar-refractivity contribution >= 4 is 11.6 Å². The molecule has 2 N–H and O–H groups in total. The molecular formula is C17H20ClN. The molecule has 2 aromatic rings. The van der Waals surface area contributed by atoms with Gasteiger partial charge in [-0.2, -0.15) is 0 Å². The lowest BCUT2D eigenvalue weighted by molar-refractivity contribution is 0.609. The molecule has 1 unspecified atom stereocenters. The van der Waals surface area contributed by atoms with E-state index >= 15 is 0 Å². The Morgan fingerprint density at radius 3 is 2.53 bits per heavy atom. The Morgan fingerprint density at radius 1 is 1.05 bits per heavy atom. The first-order valence-corrected chi connectivity index (χ1v) is 7.11. The third-order valence-electron chi connectivity index (χ3n) is 3.53. The van der Waals surface area contributed by atoms with E-state index < -0.39 is 0 Å². The van der Waals surface area contributed by atoms with Crippen LogP contribution in [-0.2, 0) is 6.42 Å². The third kappa shape index (κ3) is 3.82. The monoisotopic (exact) mass is 273 g/mol. The summed E-state index contributed by atoms with van der Waals surface area (Å²) in [4.78, 5) is 0. The molecule has 0 saturated heterocycles. The highest BCUT2D eigenvalue weighted by molar-refractivity contribution is 6.31. The number of rotatable bonds is 5. The molecule has 0 amide bonds. The average molecular weight is 274 g/mol. The lowest BCUT2D eigenvalue weighted by Crippen LogP contribution is -2.12. The molecule has 2 aromatic carbocycles. The van der Waals surface area contributed by atoms with Gasteiger partial charge in [-0.3, -0.25) is 0 Å². The van der Waals surface area contributed by atoms with E-state index in [1.54, 1.807) is 0 Å². The maximum Gasteiger partial charge on any atom is 0.0438 e. The van der Waals surface area contributed by atoms with Crippen molar-refractivity contribution in [1.82, 2.24) is 0 Å². The highest BCUT2D eigenvalue weighted by Gasteiger charge is 2.10. The van der Waals surface area contributed by atoms with E-state index in [0.717, 1.165) is 29.8 Å². The molecule has 1 nitrogen and oxygen atoms in total. The van der Waals surface area contributed by atoms with Gasteiger partial charge in [0.1, 0.15) is 0 Å². The minimum absolute atomic E-state index is 0.0717. The Morgan fingerprint density at radius 2 is 1.79 bits per heavy atom. The minimum Gasteiger partial charge on any atom is -0.324 e. The minimum atomic E-state index is 0.0717. The van der Waals surface area contributed by atoms with Gasteiger partial charge in [-0.1, -0.05) is 54.1 Å². The van der Waals surface area contributed by atoms with Crippen molar-refractivity contribution in [1.29, 1.82) is 0 Å². The van der Waals surface area contributed by atoms with Crippen molar-refractivity contribution in [3.05, 3.63) is 70.2 Å². The lowest BCUT2D eigenvalue weighted by atomic mass is 9.96. The van der Waals surface area contributed by atoms with Crippen molar-refractivity contribution in [2.75, 3.05) is 0 Å². The quantitative estimate of drug-likeness (QED) is 0.842. The first kappa shape index (κ1) is 14.1. The van der Waals surface area contributed by atoms with E-state index in [0.29, 0.717) is 0 Å². The van der Waals surface area contributed by atoms with Gasteiger partial charge >= 0.3 is 0 Å². The van der Waals surface area contributed by atoms with Crippen LogP contribution in [0.4, 0.5) is 0 Å². The van der Waals surface area contributed by atoms with Crippen LogP contribution >= 0.6 is 11.6 Å². The molecule has 0 aromatic heterocycles. The van der Waals surface area contributed by atoms with Crippen LogP contribution in [0.3, 0.4) is 0 Å². The summed E-state index contributed by atoms with van der Waals surface area (Å²) >= 11 is 6.13. The van der Waals surface area contributed by atoms with Crippen molar-refractivity contribution in [3.8, 4) is 0 Å². The summed E-state index contributed by atoms with van der Waals surface area (Å²) in [6.07, 6.45) is 3.15. The molecule has 2 heteroatoms. The van der Waals surface area contributed by atoms with Gasteiger partial charge in [-0.25, -0.2) is 0 Å². The normalized spacial score (nSPS) is 12.4. The maximum absolute atomic E-state index is 6.27. The molecule has 0 spiro atoms. The number of hydrogen-bond donors (Lipinski definition) is 1. The number of aryl methyl sites for hydroxylation is 1. The SMILES string of the molecule is Cc1c(Cl)cccc1C(N)CCCc1ccccc1. The Kier molecular flexibility index (Phi) is 5.00. The van der Waals surface area contributed by atoms with Gasteiger partial charge in [-0.15, -0.1) is 0 Å². The van der Waals surface area contributed by atoms with Crippen LogP contribution < -0.4 is 5.73 Å². The van der Waals surface area contributed by atoms with Crippen molar-refractivity contribution in [2.24, 2.45) is 5.73 Å². The Hall–Kier alpha value is -1.31. The van der Waals surface area contributed by atoms with E-state index in [4.69, 9.17) is 17.3 Å². The second-order valence-electron chi connectivity index (χ2n) is 4.94. The van der Waals surface area contributed by atoms with Gasteiger partial charge in [0.15, 0.2) is 0 Å². The number of nitrogens with two attached hydrogens (primary N) is 1. The predicted molar refractivity (Wildman–Crippen MR) is 82.5 cm³/mol. The Labute approximate surface area is 120 Å². The largest absolute Gasteiger partial charge is 0.324 e. The molecule has 2 rings (SSSR count). The molecule has 0 saturated carbocycles. The molecule has 0 aliphatic heterocycles. The first-order chi connectivity index (χ1) is 9.18. The average Bonchev–Trinajstić information content (AvgIpc) is 2.43. The van der Waals surface area contributed by atoms with Crippen LogP contribution in [0, 0.1) is 6.92 Å². The molecule has 0 bridgehead atoms. The molecule has 0 aliphatic rings. The summed E-state index contributed by atoms with van der Waals surface area (Å²) in [5.41, 5.74) is 9.92. The number of hydrogen-bond acceptors (Lipinski definition) is 1. The van der Waals surface area contributed by atoms with Crippen LogP contribution in [-0.4, -0.2) is 0 Å². The van der Waals surface area contributed by atoms with Gasteiger partial charge < -0.3 is 5.73 Å². The summed E-state index contributed by atoms with van der Waals surface area (Å²) < 4.78 is 0. The Bertz CT molecular complexity index is 522. The second-order valence-corrected chi connectivity index (χ2v) is 5.35. The van der Waals surface area contributed by atoms with Crippen LogP contribution in [0.15, 0.2) is 48.5 Å². The molecule has 19 heavy (non-hydrogen) atoms. The lowest BCUT2D eigenvalue weighted by Gasteiger charge is -2.15. The fraction of sp³-hybridized carbons (Fsp3) is 0.294. The molecule has 0 radical (unpaired) electrons. The summed E-state index contributed by atoms with van der Waals surface area (Å²) in [5, 5.41) is 0.802. The van der Waals surface area contributed by atoms with Crippen LogP contribution in [0.2, 0.25) is 5.02 Å². The van der Waals surface area contributed by atoms with Gasteiger partial charge in [0.2, 0.25) is 0 Å². The van der Waals surface area contributed by atoms with E-state index in [1.807, 2.05) is 25.1 Å². The zero-order valence-electron chi connectivity index (χ0n) is 11.3. The zero-order chi connectivity index (χ0) is 13.7.